The molecule has 7 heteroatoms. The van der Waals surface area contributed by atoms with Crippen LogP contribution in [0.3, 0.4) is 0 Å². The number of hydrogen-bond acceptors (Lipinski definition) is 4. The highest BCUT2D eigenvalue weighted by Gasteiger charge is 2.22. The van der Waals surface area contributed by atoms with Crippen LogP contribution in [0.4, 0.5) is 0 Å². The number of aromatic nitrogens is 3. The van der Waals surface area contributed by atoms with Crippen LogP contribution in [0.1, 0.15) is 23.1 Å². The fourth-order valence-corrected chi connectivity index (χ4v) is 2.78. The quantitative estimate of drug-likeness (QED) is 0.835. The molecule has 2 heterocycles. The highest BCUT2D eigenvalue weighted by atomic mass is 16.5. The maximum absolute atomic E-state index is 12.6. The fraction of sp³-hybridized carbons (Fsp3) is 0.438. The van der Waals surface area contributed by atoms with Gasteiger partial charge in [-0.25, -0.2) is 9.48 Å². The molecule has 1 amide bonds. The van der Waals surface area contributed by atoms with Crippen LogP contribution in [0.5, 0.6) is 5.75 Å². The van der Waals surface area contributed by atoms with Crippen LogP contribution in [0.15, 0.2) is 29.1 Å². The first-order chi connectivity index (χ1) is 11.1. The molecule has 7 nitrogen and oxygen atoms in total. The number of fused-ring (bicyclic) bond motifs is 1. The Morgan fingerprint density at radius 3 is 2.65 bits per heavy atom. The first-order valence-corrected chi connectivity index (χ1v) is 7.75. The first-order valence-electron chi connectivity index (χ1n) is 7.75. The van der Waals surface area contributed by atoms with E-state index in [1.807, 2.05) is 6.92 Å². The molecule has 23 heavy (non-hydrogen) atoms. The van der Waals surface area contributed by atoms with Gasteiger partial charge in [-0.15, -0.1) is 0 Å². The maximum atomic E-state index is 12.6. The fourth-order valence-electron chi connectivity index (χ4n) is 2.78. The van der Waals surface area contributed by atoms with Gasteiger partial charge in [-0.2, -0.15) is 5.10 Å². The van der Waals surface area contributed by atoms with E-state index in [1.165, 1.54) is 4.68 Å². The molecule has 0 unspecified atom stereocenters. The topological polar surface area (TPSA) is 69.4 Å². The Bertz CT molecular complexity index is 761. The zero-order valence-corrected chi connectivity index (χ0v) is 13.4. The van der Waals surface area contributed by atoms with Crippen LogP contribution in [0.2, 0.25) is 0 Å². The summed E-state index contributed by atoms with van der Waals surface area (Å²) in [5.74, 6) is 1.46. The molecule has 122 valence electrons. The van der Waals surface area contributed by atoms with Crippen molar-refractivity contribution in [2.24, 2.45) is 7.05 Å². The summed E-state index contributed by atoms with van der Waals surface area (Å²) in [6.45, 7) is 4.06. The lowest BCUT2D eigenvalue weighted by molar-refractivity contribution is 0.0758. The summed E-state index contributed by atoms with van der Waals surface area (Å²) in [6.07, 6.45) is 0.582. The Morgan fingerprint density at radius 1 is 1.22 bits per heavy atom. The molecule has 1 aliphatic rings. The van der Waals surface area contributed by atoms with E-state index < -0.39 is 0 Å². The van der Waals surface area contributed by atoms with E-state index >= 15 is 0 Å². The summed E-state index contributed by atoms with van der Waals surface area (Å²) in [5, 5.41) is 4.22. The van der Waals surface area contributed by atoms with E-state index in [0.717, 1.165) is 11.6 Å². The van der Waals surface area contributed by atoms with Crippen LogP contribution in [-0.2, 0) is 20.0 Å². The van der Waals surface area contributed by atoms with Crippen LogP contribution >= 0.6 is 0 Å². The predicted octanol–water partition coefficient (Wildman–Crippen LogP) is 0.679. The first kappa shape index (κ1) is 15.3. The van der Waals surface area contributed by atoms with Crippen molar-refractivity contribution >= 4 is 5.91 Å². The van der Waals surface area contributed by atoms with Gasteiger partial charge in [0.25, 0.3) is 5.91 Å². The zero-order chi connectivity index (χ0) is 16.4. The molecule has 0 N–H and O–H groups in total. The standard InChI is InChI=1S/C16H20N4O3/c1-3-23-13-6-4-12(5-7-13)15(21)19-9-8-14-17-18(2)16(22)20(14)11-10-19/h4-7H,3,8-11H2,1-2H3. The van der Waals surface area contributed by atoms with Crippen LogP contribution < -0.4 is 10.4 Å². The van der Waals surface area contributed by atoms with Gasteiger partial charge in [0.2, 0.25) is 0 Å². The van der Waals surface area contributed by atoms with Crippen LogP contribution in [0, 0.1) is 0 Å². The van der Waals surface area contributed by atoms with Crippen LogP contribution in [-0.4, -0.2) is 44.9 Å². The van der Waals surface area contributed by atoms with E-state index in [-0.39, 0.29) is 11.6 Å². The third kappa shape index (κ3) is 2.99. The molecule has 0 radical (unpaired) electrons. The molecule has 0 spiro atoms. The average Bonchev–Trinajstić information content (AvgIpc) is 2.73. The van der Waals surface area contributed by atoms with Gasteiger partial charge in [0.15, 0.2) is 0 Å². The van der Waals surface area contributed by atoms with Crippen molar-refractivity contribution < 1.29 is 9.53 Å². The minimum absolute atomic E-state index is 0.0318. The molecule has 0 saturated heterocycles. The molecular formula is C16H20N4O3. The molecule has 1 aromatic carbocycles. The molecular weight excluding hydrogens is 296 g/mol. The summed E-state index contributed by atoms with van der Waals surface area (Å²) in [7, 11) is 1.65. The summed E-state index contributed by atoms with van der Waals surface area (Å²) < 4.78 is 8.38. The molecule has 1 aromatic heterocycles. The second kappa shape index (κ2) is 6.28. The van der Waals surface area contributed by atoms with Crippen molar-refractivity contribution in [1.29, 1.82) is 0 Å². The lowest BCUT2D eigenvalue weighted by Crippen LogP contribution is -2.35. The highest BCUT2D eigenvalue weighted by molar-refractivity contribution is 5.94. The Balaban J connectivity index is 1.73. The van der Waals surface area contributed by atoms with E-state index in [4.69, 9.17) is 4.74 Å². The van der Waals surface area contributed by atoms with Gasteiger partial charge >= 0.3 is 5.69 Å². The summed E-state index contributed by atoms with van der Waals surface area (Å²) in [5.41, 5.74) is 0.497. The van der Waals surface area contributed by atoms with E-state index in [2.05, 4.69) is 5.10 Å². The Labute approximate surface area is 134 Å². The number of rotatable bonds is 3. The normalized spacial score (nSPS) is 14.3. The molecule has 2 aromatic rings. The summed E-state index contributed by atoms with van der Waals surface area (Å²) in [6, 6.07) is 7.15. The van der Waals surface area contributed by atoms with Crippen molar-refractivity contribution in [3.8, 4) is 5.75 Å². The number of carbonyl (C=O) groups is 1. The van der Waals surface area contributed by atoms with Gasteiger partial charge in [-0.1, -0.05) is 0 Å². The summed E-state index contributed by atoms with van der Waals surface area (Å²) in [4.78, 5) is 26.3. The second-order valence-electron chi connectivity index (χ2n) is 5.47. The van der Waals surface area contributed by atoms with Crippen molar-refractivity contribution in [2.45, 2.75) is 19.9 Å². The number of carbonyl (C=O) groups excluding carboxylic acids is 1. The monoisotopic (exact) mass is 316 g/mol. The molecule has 0 aliphatic carbocycles. The van der Waals surface area contributed by atoms with Gasteiger partial charge in [-0.05, 0) is 31.2 Å². The lowest BCUT2D eigenvalue weighted by atomic mass is 10.2. The van der Waals surface area contributed by atoms with Crippen LogP contribution in [0.25, 0.3) is 0 Å². The smallest absolute Gasteiger partial charge is 0.345 e. The Hall–Kier alpha value is -2.57. The minimum atomic E-state index is -0.129. The summed E-state index contributed by atoms with van der Waals surface area (Å²) >= 11 is 0. The van der Waals surface area contributed by atoms with E-state index in [9.17, 15) is 9.59 Å². The van der Waals surface area contributed by atoms with Gasteiger partial charge in [-0.3, -0.25) is 9.36 Å². The lowest BCUT2D eigenvalue weighted by Gasteiger charge is -2.20. The average molecular weight is 316 g/mol. The number of ether oxygens (including phenoxy) is 1. The van der Waals surface area contributed by atoms with Crippen molar-refractivity contribution in [3.63, 3.8) is 0 Å². The second-order valence-corrected chi connectivity index (χ2v) is 5.47. The van der Waals surface area contributed by atoms with Crippen molar-refractivity contribution in [1.82, 2.24) is 19.2 Å². The van der Waals surface area contributed by atoms with E-state index in [1.54, 1.807) is 40.8 Å². The van der Waals surface area contributed by atoms with Gasteiger partial charge in [0.05, 0.1) is 6.61 Å². The number of amides is 1. The predicted molar refractivity (Wildman–Crippen MR) is 84.7 cm³/mol. The highest BCUT2D eigenvalue weighted by Crippen LogP contribution is 2.15. The molecule has 1 aliphatic heterocycles. The third-order valence-corrected chi connectivity index (χ3v) is 3.98. The number of hydrogen-bond donors (Lipinski definition) is 0. The third-order valence-electron chi connectivity index (χ3n) is 3.98. The number of aryl methyl sites for hydroxylation is 1. The molecule has 0 fully saturated rings. The SMILES string of the molecule is CCOc1ccc(C(=O)N2CCc3nn(C)c(=O)n3CC2)cc1. The molecule has 0 bridgehead atoms. The molecule has 0 saturated carbocycles. The van der Waals surface area contributed by atoms with Crippen molar-refractivity contribution in [2.75, 3.05) is 19.7 Å². The van der Waals surface area contributed by atoms with E-state index in [0.29, 0.717) is 38.2 Å². The van der Waals surface area contributed by atoms with Gasteiger partial charge < -0.3 is 9.64 Å². The molecule has 3 rings (SSSR count). The molecule has 0 atom stereocenters. The maximum Gasteiger partial charge on any atom is 0.345 e. The Morgan fingerprint density at radius 2 is 1.96 bits per heavy atom. The van der Waals surface area contributed by atoms with Gasteiger partial charge in [0, 0.05) is 38.7 Å². The largest absolute Gasteiger partial charge is 0.494 e. The number of nitrogens with zero attached hydrogens (tertiary/aromatic N) is 4. The number of benzene rings is 1. The minimum Gasteiger partial charge on any atom is -0.494 e. The zero-order valence-electron chi connectivity index (χ0n) is 13.4. The van der Waals surface area contributed by atoms with Crippen molar-refractivity contribution in [3.05, 3.63) is 46.1 Å². The van der Waals surface area contributed by atoms with Gasteiger partial charge in [0.1, 0.15) is 11.6 Å². The Kier molecular flexibility index (Phi) is 4.18.